The molecule has 1 unspecified atom stereocenters. The second-order valence-electron chi connectivity index (χ2n) is 5.25. The zero-order valence-corrected chi connectivity index (χ0v) is 14.2. The average molecular weight is 323 g/mol. The molecule has 120 valence electrons. The number of benzene rings is 1. The molecule has 5 nitrogen and oxygen atoms in total. The summed E-state index contributed by atoms with van der Waals surface area (Å²) in [7, 11) is 1.76. The van der Waals surface area contributed by atoms with Gasteiger partial charge in [-0.2, -0.15) is 5.10 Å². The van der Waals surface area contributed by atoms with Gasteiger partial charge in [0.2, 0.25) is 5.91 Å². The van der Waals surface area contributed by atoms with E-state index in [9.17, 15) is 4.79 Å². The van der Waals surface area contributed by atoms with Gasteiger partial charge in [-0.05, 0) is 51.6 Å². The highest BCUT2D eigenvalue weighted by Gasteiger charge is 2.09. The summed E-state index contributed by atoms with van der Waals surface area (Å²) in [5, 5.41) is 10.3. The Bertz CT molecular complexity index is 622. The Balaban J connectivity index is 0.00000242. The molecule has 0 fully saturated rings. The Hall–Kier alpha value is -1.85. The van der Waals surface area contributed by atoms with Crippen LogP contribution in [-0.2, 0) is 4.79 Å². The van der Waals surface area contributed by atoms with Crippen LogP contribution in [0.5, 0.6) is 0 Å². The number of halogens is 1. The van der Waals surface area contributed by atoms with E-state index in [-0.39, 0.29) is 24.4 Å². The Morgan fingerprint density at radius 1 is 1.27 bits per heavy atom. The van der Waals surface area contributed by atoms with E-state index < -0.39 is 0 Å². The molecule has 0 radical (unpaired) electrons. The first-order chi connectivity index (χ1) is 10.0. The summed E-state index contributed by atoms with van der Waals surface area (Å²) >= 11 is 0. The van der Waals surface area contributed by atoms with E-state index in [4.69, 9.17) is 0 Å². The predicted molar refractivity (Wildman–Crippen MR) is 90.8 cm³/mol. The first kappa shape index (κ1) is 18.2. The smallest absolute Gasteiger partial charge is 0.234 e. The highest BCUT2D eigenvalue weighted by Crippen LogP contribution is 2.17. The number of hydrogen-bond donors (Lipinski definition) is 2. The summed E-state index contributed by atoms with van der Waals surface area (Å²) in [4.78, 5) is 11.6. The number of aryl methyl sites for hydroxylation is 2. The van der Waals surface area contributed by atoms with E-state index in [1.165, 1.54) is 0 Å². The van der Waals surface area contributed by atoms with Crippen LogP contribution in [0.15, 0.2) is 30.3 Å². The quantitative estimate of drug-likeness (QED) is 0.888. The molecule has 1 aromatic heterocycles. The van der Waals surface area contributed by atoms with Crippen molar-refractivity contribution in [3.8, 4) is 5.69 Å². The number of nitrogens with one attached hydrogen (secondary N) is 2. The van der Waals surface area contributed by atoms with Crippen LogP contribution in [0.25, 0.3) is 5.69 Å². The van der Waals surface area contributed by atoms with Gasteiger partial charge in [0.05, 0.1) is 24.0 Å². The van der Waals surface area contributed by atoms with Gasteiger partial charge in [0, 0.05) is 5.69 Å². The van der Waals surface area contributed by atoms with Crippen LogP contribution >= 0.6 is 12.4 Å². The first-order valence-electron chi connectivity index (χ1n) is 7.09. The van der Waals surface area contributed by atoms with E-state index >= 15 is 0 Å². The lowest BCUT2D eigenvalue weighted by Gasteiger charge is -2.15. The lowest BCUT2D eigenvalue weighted by molar-refractivity contribution is -0.120. The maximum absolute atomic E-state index is 11.6. The zero-order valence-electron chi connectivity index (χ0n) is 13.4. The number of aromatic nitrogens is 2. The molecule has 0 spiro atoms. The molecule has 22 heavy (non-hydrogen) atoms. The number of carbonyl (C=O) groups is 1. The van der Waals surface area contributed by atoms with Gasteiger partial charge in [-0.25, -0.2) is 4.68 Å². The largest absolute Gasteiger partial charge is 0.348 e. The summed E-state index contributed by atoms with van der Waals surface area (Å²) in [6, 6.07) is 10.1. The molecule has 0 saturated carbocycles. The molecule has 1 heterocycles. The normalized spacial score (nSPS) is 11.6. The first-order valence-corrected chi connectivity index (χ1v) is 7.09. The Morgan fingerprint density at radius 2 is 1.91 bits per heavy atom. The van der Waals surface area contributed by atoms with Crippen LogP contribution in [-0.4, -0.2) is 29.3 Å². The maximum Gasteiger partial charge on any atom is 0.234 e. The molecule has 2 N–H and O–H groups in total. The molecular formula is C16H23ClN4O. The molecule has 0 aliphatic rings. The van der Waals surface area contributed by atoms with Crippen molar-refractivity contribution in [2.45, 2.75) is 26.8 Å². The van der Waals surface area contributed by atoms with Crippen LogP contribution in [0, 0.1) is 13.8 Å². The van der Waals surface area contributed by atoms with Crippen molar-refractivity contribution in [2.75, 3.05) is 13.6 Å². The number of hydrogen-bond acceptors (Lipinski definition) is 3. The predicted octanol–water partition coefficient (Wildman–Crippen LogP) is 2.31. The molecule has 0 aliphatic carbocycles. The van der Waals surface area contributed by atoms with Crippen molar-refractivity contribution in [2.24, 2.45) is 0 Å². The lowest BCUT2D eigenvalue weighted by Crippen LogP contribution is -2.33. The van der Waals surface area contributed by atoms with Gasteiger partial charge in [-0.3, -0.25) is 4.79 Å². The van der Waals surface area contributed by atoms with E-state index in [0.717, 1.165) is 22.6 Å². The van der Waals surface area contributed by atoms with Gasteiger partial charge >= 0.3 is 0 Å². The van der Waals surface area contributed by atoms with Crippen LogP contribution in [0.1, 0.15) is 29.9 Å². The fraction of sp³-hybridized carbons (Fsp3) is 0.375. The summed E-state index contributed by atoms with van der Waals surface area (Å²) in [6.45, 7) is 6.33. The minimum atomic E-state index is -0.0136. The molecule has 1 atom stereocenters. The van der Waals surface area contributed by atoms with Crippen molar-refractivity contribution < 1.29 is 4.79 Å². The molecule has 1 aromatic carbocycles. The number of rotatable bonds is 5. The van der Waals surface area contributed by atoms with Crippen LogP contribution in [0.4, 0.5) is 0 Å². The Morgan fingerprint density at radius 3 is 2.41 bits per heavy atom. The van der Waals surface area contributed by atoms with Crippen LogP contribution in [0.2, 0.25) is 0 Å². The molecule has 2 aromatic rings. The third kappa shape index (κ3) is 4.32. The molecular weight excluding hydrogens is 300 g/mol. The average Bonchev–Trinajstić information content (AvgIpc) is 2.78. The van der Waals surface area contributed by atoms with Gasteiger partial charge < -0.3 is 10.6 Å². The van der Waals surface area contributed by atoms with Gasteiger partial charge in [0.25, 0.3) is 0 Å². The van der Waals surface area contributed by atoms with Gasteiger partial charge in [0.15, 0.2) is 0 Å². The van der Waals surface area contributed by atoms with E-state index in [1.807, 2.05) is 49.7 Å². The second-order valence-corrected chi connectivity index (χ2v) is 5.25. The molecule has 2 rings (SSSR count). The molecule has 0 saturated heterocycles. The van der Waals surface area contributed by atoms with Crippen molar-refractivity contribution in [3.63, 3.8) is 0 Å². The number of likely N-dealkylation sites (N-methyl/N-ethyl adjacent to an activating group) is 1. The Kier molecular flexibility index (Phi) is 6.59. The summed E-state index contributed by atoms with van der Waals surface area (Å²) in [5.41, 5.74) is 4.21. The fourth-order valence-electron chi connectivity index (χ4n) is 2.33. The second kappa shape index (κ2) is 7.96. The van der Waals surface area contributed by atoms with E-state index in [2.05, 4.69) is 21.8 Å². The monoisotopic (exact) mass is 322 g/mol. The SMILES string of the molecule is CNCC(=O)NC(C)c1ccc(-n2nc(C)cc2C)cc1.Cl. The summed E-state index contributed by atoms with van der Waals surface area (Å²) in [5.74, 6) is -0.00683. The zero-order chi connectivity index (χ0) is 15.4. The molecule has 0 bridgehead atoms. The third-order valence-corrected chi connectivity index (χ3v) is 3.36. The van der Waals surface area contributed by atoms with Crippen molar-refractivity contribution in [1.82, 2.24) is 20.4 Å². The lowest BCUT2D eigenvalue weighted by atomic mass is 10.1. The summed E-state index contributed by atoms with van der Waals surface area (Å²) < 4.78 is 1.92. The van der Waals surface area contributed by atoms with Crippen LogP contribution in [0.3, 0.4) is 0 Å². The molecule has 1 amide bonds. The standard InChI is InChI=1S/C16H22N4O.ClH/c1-11-9-12(2)20(19-11)15-7-5-14(6-8-15)13(3)18-16(21)10-17-4;/h5-9,13,17H,10H2,1-4H3,(H,18,21);1H. The number of nitrogens with zero attached hydrogens (tertiary/aromatic N) is 2. The number of amides is 1. The topological polar surface area (TPSA) is 59.0 Å². The van der Waals surface area contributed by atoms with Crippen molar-refractivity contribution >= 4 is 18.3 Å². The fourth-order valence-corrected chi connectivity index (χ4v) is 2.33. The minimum absolute atomic E-state index is 0. The minimum Gasteiger partial charge on any atom is -0.348 e. The summed E-state index contributed by atoms with van der Waals surface area (Å²) in [6.07, 6.45) is 0. The van der Waals surface area contributed by atoms with E-state index in [1.54, 1.807) is 7.05 Å². The maximum atomic E-state index is 11.6. The van der Waals surface area contributed by atoms with Gasteiger partial charge in [0.1, 0.15) is 0 Å². The van der Waals surface area contributed by atoms with Gasteiger partial charge in [-0.1, -0.05) is 12.1 Å². The van der Waals surface area contributed by atoms with Crippen molar-refractivity contribution in [3.05, 3.63) is 47.3 Å². The third-order valence-electron chi connectivity index (χ3n) is 3.36. The molecule has 6 heteroatoms. The highest BCUT2D eigenvalue weighted by molar-refractivity contribution is 5.85. The van der Waals surface area contributed by atoms with Crippen molar-refractivity contribution in [1.29, 1.82) is 0 Å². The highest BCUT2D eigenvalue weighted by atomic mass is 35.5. The van der Waals surface area contributed by atoms with Gasteiger partial charge in [-0.15, -0.1) is 12.4 Å². The molecule has 0 aliphatic heterocycles. The van der Waals surface area contributed by atoms with Crippen LogP contribution < -0.4 is 10.6 Å². The Labute approximate surface area is 137 Å². The number of carbonyl (C=O) groups excluding carboxylic acids is 1. The van der Waals surface area contributed by atoms with E-state index in [0.29, 0.717) is 6.54 Å².